The molecule has 2 aliphatic rings. The van der Waals surface area contributed by atoms with Crippen LogP contribution in [0.4, 0.5) is 5.69 Å². The summed E-state index contributed by atoms with van der Waals surface area (Å²) < 4.78 is 0. The predicted octanol–water partition coefficient (Wildman–Crippen LogP) is 6.74. The topological polar surface area (TPSA) is 67.9 Å². The predicted molar refractivity (Wildman–Crippen MR) is 146 cm³/mol. The molecule has 0 saturated carbocycles. The minimum atomic E-state index is -1.47. The number of carbonyl (C=O) groups excluding carboxylic acids is 1. The lowest BCUT2D eigenvalue weighted by molar-refractivity contribution is 0.0950. The van der Waals surface area contributed by atoms with Gasteiger partial charge in [-0.3, -0.25) is 4.79 Å². The zero-order valence-corrected chi connectivity index (χ0v) is 20.7. The number of nitrogens with zero attached hydrogens (tertiary/aromatic N) is 3. The zero-order valence-electron chi connectivity index (χ0n) is 20.7. The van der Waals surface area contributed by atoms with E-state index in [9.17, 15) is 15.3 Å². The summed E-state index contributed by atoms with van der Waals surface area (Å²) in [5.41, 5.74) is 3.83. The van der Waals surface area contributed by atoms with Crippen LogP contribution in [0.5, 0.6) is 0 Å². The lowest BCUT2D eigenvalue weighted by Gasteiger charge is -2.35. The number of hydrogen-bond acceptors (Lipinski definition) is 4. The number of benzene rings is 4. The number of ketones is 1. The summed E-state index contributed by atoms with van der Waals surface area (Å²) in [6.07, 6.45) is 3.91. The molecule has 0 spiro atoms. The third-order valence-corrected chi connectivity index (χ3v) is 7.99. The van der Waals surface area contributed by atoms with Crippen molar-refractivity contribution in [1.29, 1.82) is 10.5 Å². The highest BCUT2D eigenvalue weighted by Crippen LogP contribution is 2.56. The number of nitriles is 2. The largest absolute Gasteiger partial charge is 0.351 e. The van der Waals surface area contributed by atoms with Gasteiger partial charge in [-0.05, 0) is 47.4 Å². The van der Waals surface area contributed by atoms with Crippen molar-refractivity contribution in [2.75, 3.05) is 4.90 Å². The monoisotopic (exact) mass is 479 g/mol. The highest BCUT2D eigenvalue weighted by atomic mass is 16.1. The van der Waals surface area contributed by atoms with Gasteiger partial charge in [0.1, 0.15) is 6.04 Å². The van der Waals surface area contributed by atoms with E-state index >= 15 is 0 Å². The van der Waals surface area contributed by atoms with Gasteiger partial charge >= 0.3 is 0 Å². The number of rotatable bonds is 3. The molecular weight excluding hydrogens is 454 g/mol. The van der Waals surface area contributed by atoms with Gasteiger partial charge in [0, 0.05) is 17.2 Å². The van der Waals surface area contributed by atoms with Crippen molar-refractivity contribution in [2.24, 2.45) is 5.41 Å². The van der Waals surface area contributed by atoms with E-state index in [2.05, 4.69) is 12.1 Å². The second kappa shape index (κ2) is 8.47. The molecule has 37 heavy (non-hydrogen) atoms. The molecule has 0 N–H and O–H groups in total. The van der Waals surface area contributed by atoms with Gasteiger partial charge in [-0.2, -0.15) is 10.5 Å². The molecule has 0 unspecified atom stereocenters. The Kier molecular flexibility index (Phi) is 5.21. The Morgan fingerprint density at radius 1 is 0.892 bits per heavy atom. The van der Waals surface area contributed by atoms with Crippen LogP contribution in [0.2, 0.25) is 0 Å². The van der Waals surface area contributed by atoms with E-state index in [1.54, 1.807) is 0 Å². The van der Waals surface area contributed by atoms with Crippen molar-refractivity contribution in [3.63, 3.8) is 0 Å². The first-order valence-corrected chi connectivity index (χ1v) is 12.5. The minimum absolute atomic E-state index is 0.0714. The van der Waals surface area contributed by atoms with Crippen molar-refractivity contribution in [3.8, 4) is 12.1 Å². The van der Waals surface area contributed by atoms with Crippen LogP contribution in [-0.2, 0) is 0 Å². The number of aryl methyl sites for hydroxylation is 2. The van der Waals surface area contributed by atoms with Crippen LogP contribution in [0.1, 0.15) is 38.5 Å². The smallest absolute Gasteiger partial charge is 0.186 e. The molecule has 2 aliphatic heterocycles. The molecule has 6 rings (SSSR count). The van der Waals surface area contributed by atoms with Crippen molar-refractivity contribution in [3.05, 3.63) is 119 Å². The van der Waals surface area contributed by atoms with E-state index in [0.29, 0.717) is 5.56 Å². The van der Waals surface area contributed by atoms with Gasteiger partial charge in [0.25, 0.3) is 0 Å². The van der Waals surface area contributed by atoms with Crippen LogP contribution in [0.3, 0.4) is 0 Å². The van der Waals surface area contributed by atoms with Gasteiger partial charge in [-0.15, -0.1) is 0 Å². The van der Waals surface area contributed by atoms with Crippen LogP contribution in [0.25, 0.3) is 16.8 Å². The van der Waals surface area contributed by atoms with E-state index in [4.69, 9.17) is 0 Å². The van der Waals surface area contributed by atoms with Crippen molar-refractivity contribution >= 4 is 28.3 Å². The normalized spacial score (nSPS) is 21.1. The third-order valence-electron chi connectivity index (χ3n) is 7.99. The Bertz CT molecular complexity index is 1670. The third kappa shape index (κ3) is 3.23. The number of hydrogen-bond donors (Lipinski definition) is 0. The van der Waals surface area contributed by atoms with E-state index in [1.807, 2.05) is 116 Å². The Balaban J connectivity index is 1.68. The fraction of sp³-hybridized carbons (Fsp3) is 0.182. The van der Waals surface area contributed by atoms with E-state index in [-0.39, 0.29) is 5.78 Å². The highest BCUT2D eigenvalue weighted by molar-refractivity contribution is 6.06. The fourth-order valence-electron chi connectivity index (χ4n) is 6.35. The summed E-state index contributed by atoms with van der Waals surface area (Å²) in [6, 6.07) is 31.2. The molecule has 0 aliphatic carbocycles. The van der Waals surface area contributed by atoms with Crippen LogP contribution in [-0.4, -0.2) is 17.9 Å². The molecule has 0 amide bonds. The van der Waals surface area contributed by atoms with Crippen LogP contribution < -0.4 is 4.90 Å². The van der Waals surface area contributed by atoms with Crippen molar-refractivity contribution in [2.45, 2.75) is 31.8 Å². The van der Waals surface area contributed by atoms with Crippen LogP contribution in [0.15, 0.2) is 91.0 Å². The Morgan fingerprint density at radius 2 is 1.62 bits per heavy atom. The van der Waals surface area contributed by atoms with Gasteiger partial charge in [0.05, 0.1) is 18.2 Å². The summed E-state index contributed by atoms with van der Waals surface area (Å²) in [5, 5.41) is 23.4. The Labute approximate surface area is 216 Å². The van der Waals surface area contributed by atoms with Crippen molar-refractivity contribution < 1.29 is 4.79 Å². The highest BCUT2D eigenvalue weighted by Gasteiger charge is 2.63. The summed E-state index contributed by atoms with van der Waals surface area (Å²) in [7, 11) is 0. The first-order valence-electron chi connectivity index (χ1n) is 12.5. The maximum Gasteiger partial charge on any atom is 0.186 e. The standard InChI is InChI=1S/C33H25N3O/c1-21-14-16-25(22(2)18-21)32(37)31-30(27-12-7-10-23-8-3-5-11-26(23)27)33(19-34,20-35)29-17-15-24-9-4-6-13-28(24)36(29)31/h3-18,29-31H,1-2H3/t29-,30+,31-/m0/s1. The first kappa shape index (κ1) is 22.8. The lowest BCUT2D eigenvalue weighted by atomic mass is 9.68. The zero-order chi connectivity index (χ0) is 25.7. The number of fused-ring (bicyclic) bond motifs is 4. The molecule has 0 aromatic heterocycles. The lowest BCUT2D eigenvalue weighted by Crippen LogP contribution is -2.44. The number of anilines is 1. The van der Waals surface area contributed by atoms with Gasteiger partial charge < -0.3 is 4.90 Å². The Morgan fingerprint density at radius 3 is 2.41 bits per heavy atom. The molecular formula is C33H25N3O. The van der Waals surface area contributed by atoms with Gasteiger partial charge in [0.15, 0.2) is 11.2 Å². The first-order chi connectivity index (χ1) is 18.0. The van der Waals surface area contributed by atoms with Crippen molar-refractivity contribution in [1.82, 2.24) is 0 Å². The maximum absolute atomic E-state index is 14.6. The van der Waals surface area contributed by atoms with E-state index < -0.39 is 23.4 Å². The molecule has 4 heteroatoms. The quantitative estimate of drug-likeness (QED) is 0.305. The summed E-state index contributed by atoms with van der Waals surface area (Å²) in [4.78, 5) is 16.6. The molecule has 2 heterocycles. The molecule has 178 valence electrons. The SMILES string of the molecule is Cc1ccc(C(=O)[C@@H]2[C@@H](c3cccc4ccccc34)C(C#N)(C#N)[C@@H]3C=Cc4ccccc4N23)c(C)c1. The van der Waals surface area contributed by atoms with Gasteiger partial charge in [0.2, 0.25) is 0 Å². The fourth-order valence-corrected chi connectivity index (χ4v) is 6.35. The number of carbonyl (C=O) groups is 1. The summed E-state index contributed by atoms with van der Waals surface area (Å²) in [6.45, 7) is 3.96. The summed E-state index contributed by atoms with van der Waals surface area (Å²) in [5.74, 6) is -0.736. The second-order valence-corrected chi connectivity index (χ2v) is 10.0. The van der Waals surface area contributed by atoms with E-state index in [1.165, 1.54) is 0 Å². The molecule has 4 nitrogen and oxygen atoms in total. The number of Topliss-reactive ketones (excluding diaryl/α,β-unsaturated/α-hetero) is 1. The maximum atomic E-state index is 14.6. The molecule has 4 aromatic rings. The van der Waals surface area contributed by atoms with Gasteiger partial charge in [-0.1, -0.05) is 96.6 Å². The van der Waals surface area contributed by atoms with E-state index in [0.717, 1.165) is 38.7 Å². The molecule has 3 atom stereocenters. The second-order valence-electron chi connectivity index (χ2n) is 10.0. The van der Waals surface area contributed by atoms with Crippen LogP contribution in [0, 0.1) is 41.9 Å². The Hall–Kier alpha value is -4.67. The average molecular weight is 480 g/mol. The molecule has 1 saturated heterocycles. The molecule has 4 aromatic carbocycles. The van der Waals surface area contributed by atoms with Gasteiger partial charge in [-0.25, -0.2) is 0 Å². The molecule has 0 radical (unpaired) electrons. The summed E-state index contributed by atoms with van der Waals surface area (Å²) >= 11 is 0. The number of para-hydroxylation sites is 1. The van der Waals surface area contributed by atoms with Crippen LogP contribution >= 0.6 is 0 Å². The molecule has 1 fully saturated rings. The minimum Gasteiger partial charge on any atom is -0.351 e. The molecule has 0 bridgehead atoms. The average Bonchev–Trinajstić information content (AvgIpc) is 3.23.